The molecule has 1 atom stereocenters. The van der Waals surface area contributed by atoms with Crippen molar-refractivity contribution in [3.8, 4) is 17.2 Å². The number of benzene rings is 2. The third-order valence-corrected chi connectivity index (χ3v) is 6.77. The van der Waals surface area contributed by atoms with Crippen LogP contribution in [0.4, 0.5) is 5.69 Å². The average molecular weight is 536 g/mol. The van der Waals surface area contributed by atoms with Crippen molar-refractivity contribution in [2.24, 2.45) is 0 Å². The number of rotatable bonds is 13. The zero-order valence-electron chi connectivity index (χ0n) is 22.5. The number of nitrogens with zero attached hydrogens (tertiary/aromatic N) is 2. The molecule has 0 aliphatic rings. The van der Waals surface area contributed by atoms with Crippen LogP contribution < -0.4 is 23.8 Å². The highest BCUT2D eigenvalue weighted by Crippen LogP contribution is 2.33. The summed E-state index contributed by atoms with van der Waals surface area (Å²) in [6.45, 7) is 5.02. The molecule has 2 aromatic rings. The Morgan fingerprint density at radius 1 is 0.973 bits per heavy atom. The molecule has 37 heavy (non-hydrogen) atoms. The number of carbonyl (C=O) groups is 2. The van der Waals surface area contributed by atoms with Gasteiger partial charge in [0.1, 0.15) is 29.8 Å². The molecular formula is C26H37N3O7S. The minimum atomic E-state index is -3.91. The van der Waals surface area contributed by atoms with Crippen LogP contribution in [0, 0.1) is 0 Å². The topological polar surface area (TPSA) is 114 Å². The number of hydrogen-bond acceptors (Lipinski definition) is 7. The summed E-state index contributed by atoms with van der Waals surface area (Å²) >= 11 is 0. The van der Waals surface area contributed by atoms with E-state index in [-0.39, 0.29) is 29.9 Å². The zero-order chi connectivity index (χ0) is 27.8. The molecule has 0 radical (unpaired) electrons. The highest BCUT2D eigenvalue weighted by Gasteiger charge is 2.33. The number of ether oxygens (including phenoxy) is 3. The Hall–Kier alpha value is -3.47. The summed E-state index contributed by atoms with van der Waals surface area (Å²) < 4.78 is 42.6. The first-order valence-corrected chi connectivity index (χ1v) is 13.7. The third-order valence-electron chi connectivity index (χ3n) is 5.64. The van der Waals surface area contributed by atoms with E-state index in [1.807, 2.05) is 19.9 Å². The Bertz CT molecular complexity index is 1180. The van der Waals surface area contributed by atoms with Crippen molar-refractivity contribution in [2.45, 2.75) is 45.8 Å². The summed E-state index contributed by atoms with van der Waals surface area (Å²) in [5.74, 6) is 0.432. The summed E-state index contributed by atoms with van der Waals surface area (Å²) in [6.07, 6.45) is 1.35. The fourth-order valence-electron chi connectivity index (χ4n) is 3.85. The van der Waals surface area contributed by atoms with E-state index in [4.69, 9.17) is 14.2 Å². The van der Waals surface area contributed by atoms with Gasteiger partial charge in [0.2, 0.25) is 21.8 Å². The Balaban J connectivity index is 2.52. The van der Waals surface area contributed by atoms with Crippen molar-refractivity contribution in [3.63, 3.8) is 0 Å². The first-order chi connectivity index (χ1) is 17.4. The molecule has 204 valence electrons. The van der Waals surface area contributed by atoms with E-state index in [0.29, 0.717) is 17.9 Å². The van der Waals surface area contributed by atoms with Crippen LogP contribution in [0.5, 0.6) is 17.2 Å². The maximum Gasteiger partial charge on any atom is 0.244 e. The van der Waals surface area contributed by atoms with E-state index in [0.717, 1.165) is 16.1 Å². The van der Waals surface area contributed by atoms with E-state index < -0.39 is 28.5 Å². The summed E-state index contributed by atoms with van der Waals surface area (Å²) in [4.78, 5) is 28.3. The van der Waals surface area contributed by atoms with Crippen LogP contribution in [0.3, 0.4) is 0 Å². The molecule has 2 rings (SSSR count). The van der Waals surface area contributed by atoms with Gasteiger partial charge in [-0.1, -0.05) is 19.1 Å². The molecule has 10 nitrogen and oxygen atoms in total. The first-order valence-electron chi connectivity index (χ1n) is 11.9. The maximum absolute atomic E-state index is 13.8. The predicted octanol–water partition coefficient (Wildman–Crippen LogP) is 2.81. The number of hydrogen-bond donors (Lipinski definition) is 1. The summed E-state index contributed by atoms with van der Waals surface area (Å²) in [5.41, 5.74) is 0.914. The van der Waals surface area contributed by atoms with Crippen molar-refractivity contribution in [1.29, 1.82) is 0 Å². The minimum Gasteiger partial charge on any atom is -0.497 e. The molecule has 0 heterocycles. The van der Waals surface area contributed by atoms with Crippen molar-refractivity contribution in [1.82, 2.24) is 10.2 Å². The van der Waals surface area contributed by atoms with Crippen molar-refractivity contribution in [2.75, 3.05) is 38.4 Å². The number of methoxy groups -OCH3 is 3. The zero-order valence-corrected chi connectivity index (χ0v) is 23.3. The van der Waals surface area contributed by atoms with Gasteiger partial charge in [-0.3, -0.25) is 13.9 Å². The molecule has 0 fully saturated rings. The van der Waals surface area contributed by atoms with Crippen molar-refractivity contribution >= 4 is 27.5 Å². The first kappa shape index (κ1) is 29.8. The van der Waals surface area contributed by atoms with Gasteiger partial charge in [-0.15, -0.1) is 0 Å². The van der Waals surface area contributed by atoms with Crippen LogP contribution in [0.25, 0.3) is 0 Å². The monoisotopic (exact) mass is 535 g/mol. The maximum atomic E-state index is 13.8. The third kappa shape index (κ3) is 8.01. The molecule has 2 aromatic carbocycles. The van der Waals surface area contributed by atoms with E-state index in [9.17, 15) is 18.0 Å². The number of anilines is 1. The second-order valence-electron chi connectivity index (χ2n) is 8.77. The summed E-state index contributed by atoms with van der Waals surface area (Å²) in [7, 11) is 0.515. The molecule has 0 saturated carbocycles. The highest BCUT2D eigenvalue weighted by atomic mass is 32.2. The second kappa shape index (κ2) is 13.2. The predicted molar refractivity (Wildman–Crippen MR) is 143 cm³/mol. The van der Waals surface area contributed by atoms with Gasteiger partial charge in [-0.2, -0.15) is 0 Å². The van der Waals surface area contributed by atoms with Crippen molar-refractivity contribution < 1.29 is 32.2 Å². The van der Waals surface area contributed by atoms with Gasteiger partial charge >= 0.3 is 0 Å². The van der Waals surface area contributed by atoms with Gasteiger partial charge in [0.25, 0.3) is 0 Å². The number of nitrogens with one attached hydrogen (secondary N) is 1. The molecule has 0 spiro atoms. The van der Waals surface area contributed by atoms with Crippen LogP contribution in [-0.4, -0.2) is 71.3 Å². The number of sulfonamides is 1. The van der Waals surface area contributed by atoms with E-state index in [1.54, 1.807) is 38.3 Å². The van der Waals surface area contributed by atoms with Crippen LogP contribution in [0.15, 0.2) is 42.5 Å². The van der Waals surface area contributed by atoms with Crippen LogP contribution >= 0.6 is 0 Å². The standard InChI is InChI=1S/C26H37N3O7S/c1-8-22(26(31)27-18(2)3)28(16-19-10-9-11-20(14-19)34-4)25(30)17-29(37(7,32)33)23-13-12-21(35-5)15-24(23)36-6/h9-15,18,22H,8,16-17H2,1-7H3,(H,27,31). The average Bonchev–Trinajstić information content (AvgIpc) is 2.85. The van der Waals surface area contributed by atoms with Gasteiger partial charge in [-0.05, 0) is 50.1 Å². The SMILES string of the molecule is CCC(C(=O)NC(C)C)N(Cc1cccc(OC)c1)C(=O)CN(c1ccc(OC)cc1OC)S(C)(=O)=O. The quantitative estimate of drug-likeness (QED) is 0.419. The fraction of sp³-hybridized carbons (Fsp3) is 0.462. The van der Waals surface area contributed by atoms with Gasteiger partial charge in [0.15, 0.2) is 0 Å². The molecular weight excluding hydrogens is 498 g/mol. The molecule has 0 saturated heterocycles. The number of carbonyl (C=O) groups excluding carboxylic acids is 2. The summed E-state index contributed by atoms with van der Waals surface area (Å²) in [6, 6.07) is 10.8. The lowest BCUT2D eigenvalue weighted by atomic mass is 10.1. The smallest absolute Gasteiger partial charge is 0.244 e. The molecule has 11 heteroatoms. The van der Waals surface area contributed by atoms with E-state index >= 15 is 0 Å². The van der Waals surface area contributed by atoms with Crippen molar-refractivity contribution in [3.05, 3.63) is 48.0 Å². The Morgan fingerprint density at radius 2 is 1.62 bits per heavy atom. The summed E-state index contributed by atoms with van der Waals surface area (Å²) in [5, 5.41) is 2.86. The van der Waals surface area contributed by atoms with Crippen LogP contribution in [-0.2, 0) is 26.2 Å². The Morgan fingerprint density at radius 3 is 2.16 bits per heavy atom. The van der Waals surface area contributed by atoms with E-state index in [2.05, 4.69) is 5.32 Å². The fourth-order valence-corrected chi connectivity index (χ4v) is 4.71. The minimum absolute atomic E-state index is 0.0808. The van der Waals surface area contributed by atoms with E-state index in [1.165, 1.54) is 31.3 Å². The second-order valence-corrected chi connectivity index (χ2v) is 10.7. The highest BCUT2D eigenvalue weighted by molar-refractivity contribution is 7.92. The lowest BCUT2D eigenvalue weighted by Crippen LogP contribution is -2.53. The van der Waals surface area contributed by atoms with Gasteiger partial charge in [-0.25, -0.2) is 8.42 Å². The van der Waals surface area contributed by atoms with Crippen LogP contribution in [0.2, 0.25) is 0 Å². The molecule has 2 amide bonds. The lowest BCUT2D eigenvalue weighted by molar-refractivity contribution is -0.140. The molecule has 1 N–H and O–H groups in total. The normalized spacial score (nSPS) is 12.0. The molecule has 0 aliphatic carbocycles. The Labute approximate surface area is 219 Å². The molecule has 0 aromatic heterocycles. The lowest BCUT2D eigenvalue weighted by Gasteiger charge is -2.33. The molecule has 0 aliphatic heterocycles. The number of amides is 2. The van der Waals surface area contributed by atoms with Gasteiger partial charge < -0.3 is 24.4 Å². The van der Waals surface area contributed by atoms with Crippen LogP contribution in [0.1, 0.15) is 32.8 Å². The van der Waals surface area contributed by atoms with Gasteiger partial charge in [0.05, 0.1) is 33.3 Å². The molecule has 1 unspecified atom stereocenters. The largest absolute Gasteiger partial charge is 0.497 e. The van der Waals surface area contributed by atoms with Gasteiger partial charge in [0, 0.05) is 18.7 Å². The molecule has 0 bridgehead atoms. The Kier molecular flexibility index (Phi) is 10.6.